The van der Waals surface area contributed by atoms with Crippen LogP contribution in [0.1, 0.15) is 18.9 Å². The molecule has 1 saturated heterocycles. The molecule has 1 aliphatic heterocycles. The van der Waals surface area contributed by atoms with Crippen LogP contribution in [0.5, 0.6) is 5.88 Å². The number of nitrogens with zero attached hydrogens (tertiary/aromatic N) is 3. The predicted octanol–water partition coefficient (Wildman–Crippen LogP) is 1.14. The molecule has 6 heteroatoms. The van der Waals surface area contributed by atoms with Crippen molar-refractivity contribution in [2.75, 3.05) is 19.6 Å². The van der Waals surface area contributed by atoms with Crippen LogP contribution >= 0.6 is 0 Å². The summed E-state index contributed by atoms with van der Waals surface area (Å²) in [5.41, 5.74) is 0.516. The van der Waals surface area contributed by atoms with Crippen molar-refractivity contribution in [2.24, 2.45) is 0 Å². The van der Waals surface area contributed by atoms with Crippen molar-refractivity contribution in [3.63, 3.8) is 0 Å². The molecule has 6 nitrogen and oxygen atoms in total. The first-order chi connectivity index (χ1) is 9.22. The van der Waals surface area contributed by atoms with Gasteiger partial charge in [0.25, 0.3) is 0 Å². The Morgan fingerprint density at radius 2 is 2.47 bits per heavy atom. The molecule has 1 aromatic heterocycles. The molecule has 0 spiro atoms. The van der Waals surface area contributed by atoms with Gasteiger partial charge in [-0.3, -0.25) is 0 Å². The second-order valence-electron chi connectivity index (χ2n) is 4.37. The maximum Gasteiger partial charge on any atom is 0.317 e. The van der Waals surface area contributed by atoms with Crippen LogP contribution in [0.4, 0.5) is 4.79 Å². The number of hydrogen-bond acceptors (Lipinski definition) is 4. The molecule has 0 aromatic carbocycles. The minimum atomic E-state index is -0.0552. The normalized spacial score (nSPS) is 14.4. The van der Waals surface area contributed by atoms with Crippen molar-refractivity contribution in [3.05, 3.63) is 23.9 Å². The van der Waals surface area contributed by atoms with Crippen molar-refractivity contribution in [2.45, 2.75) is 19.4 Å². The van der Waals surface area contributed by atoms with Crippen LogP contribution in [0.25, 0.3) is 0 Å². The molecule has 0 radical (unpaired) electrons. The van der Waals surface area contributed by atoms with Crippen molar-refractivity contribution in [1.82, 2.24) is 15.2 Å². The summed E-state index contributed by atoms with van der Waals surface area (Å²) in [5.74, 6) is 0.428. The third-order valence-corrected chi connectivity index (χ3v) is 2.81. The monoisotopic (exact) mass is 260 g/mol. The molecule has 2 heterocycles. The second-order valence-corrected chi connectivity index (χ2v) is 4.37. The zero-order chi connectivity index (χ0) is 13.7. The van der Waals surface area contributed by atoms with Gasteiger partial charge in [0.1, 0.15) is 6.10 Å². The molecule has 1 N–H and O–H groups in total. The van der Waals surface area contributed by atoms with Gasteiger partial charge in [0.15, 0.2) is 0 Å². The molecule has 1 aliphatic rings. The van der Waals surface area contributed by atoms with E-state index in [1.54, 1.807) is 17.0 Å². The number of hydrogen-bond donors (Lipinski definition) is 1. The number of urea groups is 1. The van der Waals surface area contributed by atoms with Crippen LogP contribution in [-0.4, -0.2) is 41.7 Å². The first-order valence-corrected chi connectivity index (χ1v) is 6.28. The number of aromatic nitrogens is 1. The van der Waals surface area contributed by atoms with Crippen LogP contribution in [0, 0.1) is 11.3 Å². The number of carbonyl (C=O) groups excluding carboxylic acids is 1. The summed E-state index contributed by atoms with van der Waals surface area (Å²) in [5, 5.41) is 11.6. The quantitative estimate of drug-likeness (QED) is 0.880. The molecule has 2 amide bonds. The third kappa shape index (κ3) is 3.35. The Hall–Kier alpha value is -2.29. The summed E-state index contributed by atoms with van der Waals surface area (Å²) >= 11 is 0. The Balaban J connectivity index is 1.78. The summed E-state index contributed by atoms with van der Waals surface area (Å²) in [6.07, 6.45) is 2.41. The number of nitriles is 1. The maximum absolute atomic E-state index is 11.6. The van der Waals surface area contributed by atoms with Crippen LogP contribution in [0.15, 0.2) is 18.3 Å². The molecule has 0 saturated carbocycles. The van der Waals surface area contributed by atoms with Crippen molar-refractivity contribution < 1.29 is 9.53 Å². The Kier molecular flexibility index (Phi) is 4.18. The SMILES string of the molecule is CCCNC(=O)N1CC(Oc2cc(C#N)ccn2)C1. The number of ether oxygens (including phenoxy) is 1. The molecule has 0 bridgehead atoms. The zero-order valence-corrected chi connectivity index (χ0v) is 10.8. The van der Waals surface area contributed by atoms with E-state index < -0.39 is 0 Å². The maximum atomic E-state index is 11.6. The number of rotatable bonds is 4. The summed E-state index contributed by atoms with van der Waals surface area (Å²) in [6.45, 7) is 3.80. The minimum absolute atomic E-state index is 0.0474. The summed E-state index contributed by atoms with van der Waals surface area (Å²) < 4.78 is 5.59. The molecule has 19 heavy (non-hydrogen) atoms. The number of nitrogens with one attached hydrogen (secondary N) is 1. The van der Waals surface area contributed by atoms with E-state index in [1.165, 1.54) is 6.20 Å². The molecule has 0 aliphatic carbocycles. The number of carbonyl (C=O) groups is 1. The van der Waals surface area contributed by atoms with Crippen LogP contribution in [0.2, 0.25) is 0 Å². The molecular weight excluding hydrogens is 244 g/mol. The second kappa shape index (κ2) is 6.05. The van der Waals surface area contributed by atoms with E-state index in [0.29, 0.717) is 31.1 Å². The van der Waals surface area contributed by atoms with Gasteiger partial charge >= 0.3 is 6.03 Å². The summed E-state index contributed by atoms with van der Waals surface area (Å²) in [6, 6.07) is 5.20. The summed E-state index contributed by atoms with van der Waals surface area (Å²) in [7, 11) is 0. The fourth-order valence-electron chi connectivity index (χ4n) is 1.74. The smallest absolute Gasteiger partial charge is 0.317 e. The predicted molar refractivity (Wildman–Crippen MR) is 68.6 cm³/mol. The van der Waals surface area contributed by atoms with E-state index >= 15 is 0 Å². The van der Waals surface area contributed by atoms with Gasteiger partial charge in [-0.25, -0.2) is 9.78 Å². The first-order valence-electron chi connectivity index (χ1n) is 6.28. The number of amides is 2. The highest BCUT2D eigenvalue weighted by Crippen LogP contribution is 2.16. The van der Waals surface area contributed by atoms with Gasteiger partial charge in [0.05, 0.1) is 24.7 Å². The van der Waals surface area contributed by atoms with Gasteiger partial charge in [0.2, 0.25) is 5.88 Å². The Bertz CT molecular complexity index is 492. The lowest BCUT2D eigenvalue weighted by Gasteiger charge is -2.38. The summed E-state index contributed by atoms with van der Waals surface area (Å²) in [4.78, 5) is 17.3. The van der Waals surface area contributed by atoms with Crippen molar-refractivity contribution in [3.8, 4) is 11.9 Å². The minimum Gasteiger partial charge on any atom is -0.471 e. The van der Waals surface area contributed by atoms with Crippen LogP contribution in [-0.2, 0) is 0 Å². The fourth-order valence-corrected chi connectivity index (χ4v) is 1.74. The number of pyridine rings is 1. The molecule has 0 atom stereocenters. The largest absolute Gasteiger partial charge is 0.471 e. The van der Waals surface area contributed by atoms with E-state index in [1.807, 2.05) is 13.0 Å². The van der Waals surface area contributed by atoms with Gasteiger partial charge in [-0.15, -0.1) is 0 Å². The van der Waals surface area contributed by atoms with Crippen molar-refractivity contribution >= 4 is 6.03 Å². The van der Waals surface area contributed by atoms with E-state index in [9.17, 15) is 4.79 Å². The third-order valence-electron chi connectivity index (χ3n) is 2.81. The molecular formula is C13H16N4O2. The van der Waals surface area contributed by atoms with Crippen molar-refractivity contribution in [1.29, 1.82) is 5.26 Å². The highest BCUT2D eigenvalue weighted by Gasteiger charge is 2.32. The standard InChI is InChI=1S/C13H16N4O2/c1-2-4-16-13(18)17-8-11(9-17)19-12-6-10(7-14)3-5-15-12/h3,5-6,11H,2,4,8-9H2,1H3,(H,16,18). The highest BCUT2D eigenvalue weighted by molar-refractivity contribution is 5.75. The highest BCUT2D eigenvalue weighted by atomic mass is 16.5. The van der Waals surface area contributed by atoms with Crippen LogP contribution in [0.3, 0.4) is 0 Å². The van der Waals surface area contributed by atoms with Gasteiger partial charge in [-0.2, -0.15) is 5.26 Å². The Morgan fingerprint density at radius 3 is 3.16 bits per heavy atom. The molecule has 2 rings (SSSR count). The van der Waals surface area contributed by atoms with E-state index in [4.69, 9.17) is 10.00 Å². The number of likely N-dealkylation sites (tertiary alicyclic amines) is 1. The van der Waals surface area contributed by atoms with E-state index in [-0.39, 0.29) is 12.1 Å². The fraction of sp³-hybridized carbons (Fsp3) is 0.462. The van der Waals surface area contributed by atoms with Gasteiger partial charge in [0, 0.05) is 18.8 Å². The average Bonchev–Trinajstić information content (AvgIpc) is 2.40. The Labute approximate surface area is 112 Å². The molecule has 100 valence electrons. The van der Waals surface area contributed by atoms with Gasteiger partial charge in [-0.05, 0) is 12.5 Å². The van der Waals surface area contributed by atoms with Gasteiger partial charge in [-0.1, -0.05) is 6.92 Å². The lowest BCUT2D eigenvalue weighted by atomic mass is 10.2. The van der Waals surface area contributed by atoms with Crippen LogP contribution < -0.4 is 10.1 Å². The molecule has 1 fully saturated rings. The topological polar surface area (TPSA) is 78.3 Å². The lowest BCUT2D eigenvalue weighted by molar-refractivity contribution is 0.0414. The molecule has 0 unspecified atom stereocenters. The average molecular weight is 260 g/mol. The zero-order valence-electron chi connectivity index (χ0n) is 10.8. The first kappa shape index (κ1) is 13.1. The molecule has 1 aromatic rings. The Morgan fingerprint density at radius 1 is 1.68 bits per heavy atom. The van der Waals surface area contributed by atoms with Gasteiger partial charge < -0.3 is 15.0 Å². The van der Waals surface area contributed by atoms with E-state index in [0.717, 1.165) is 6.42 Å². The van der Waals surface area contributed by atoms with E-state index in [2.05, 4.69) is 10.3 Å². The lowest BCUT2D eigenvalue weighted by Crippen LogP contribution is -2.59.